The van der Waals surface area contributed by atoms with E-state index in [1.807, 2.05) is 19.9 Å². The van der Waals surface area contributed by atoms with E-state index in [-0.39, 0.29) is 25.4 Å². The van der Waals surface area contributed by atoms with Crippen LogP contribution >= 0.6 is 31.9 Å². The van der Waals surface area contributed by atoms with Crippen molar-refractivity contribution in [1.82, 2.24) is 0 Å². The van der Waals surface area contributed by atoms with E-state index in [1.54, 1.807) is 44.1 Å². The van der Waals surface area contributed by atoms with Crippen molar-refractivity contribution in [3.63, 3.8) is 0 Å². The first-order valence-corrected chi connectivity index (χ1v) is 12.6. The molecular formula is C26H30Br2O10. The van der Waals surface area contributed by atoms with Crippen molar-refractivity contribution in [2.24, 2.45) is 0 Å². The Labute approximate surface area is 236 Å². The number of aliphatic hydroxyl groups is 2. The zero-order valence-corrected chi connectivity index (χ0v) is 24.4. The summed E-state index contributed by atoms with van der Waals surface area (Å²) in [5, 5.41) is 17.6. The summed E-state index contributed by atoms with van der Waals surface area (Å²) >= 11 is 6.35. The largest absolute Gasteiger partial charge is 0.466 e. The lowest BCUT2D eigenvalue weighted by molar-refractivity contribution is 0.0334. The SMILES string of the molecule is COC(CO)c1cc(Br)co1.COC(CO)c1cc(C)co1.Cc1coc(C=O)c1.O=Cc1cc(Br)co1. The lowest BCUT2D eigenvalue weighted by Gasteiger charge is -2.07. The molecule has 2 atom stereocenters. The molecule has 38 heavy (non-hydrogen) atoms. The van der Waals surface area contributed by atoms with Gasteiger partial charge in [0.1, 0.15) is 36.3 Å². The van der Waals surface area contributed by atoms with Gasteiger partial charge in [-0.15, -0.1) is 0 Å². The van der Waals surface area contributed by atoms with Gasteiger partial charge in [0.25, 0.3) is 0 Å². The zero-order valence-electron chi connectivity index (χ0n) is 21.3. The number of furan rings is 4. The molecule has 0 spiro atoms. The Morgan fingerprint density at radius 2 is 1.13 bits per heavy atom. The highest BCUT2D eigenvalue weighted by Gasteiger charge is 2.13. The average molecular weight is 662 g/mol. The normalized spacial score (nSPS) is 11.6. The molecule has 0 saturated carbocycles. The van der Waals surface area contributed by atoms with Crippen molar-refractivity contribution >= 4 is 44.4 Å². The standard InChI is InChI=1S/C8H12O3.C7H9BrO3.C6H6O2.C5H3BrO2/c1-6-3-7(11-5-6)8(4-9)10-2;1-10-7(3-9)6-2-5(8)4-11-6;1-5-2-6(3-7)8-4-5;6-4-1-5(2-7)8-3-4/h3,5,8-9H,4H2,1-2H3;2,4,7,9H,3H2,1H3;2-4H,1H3;1-3H. The maximum Gasteiger partial charge on any atom is 0.185 e. The predicted octanol–water partition coefficient (Wildman–Crippen LogP) is 6.24. The monoisotopic (exact) mass is 660 g/mol. The number of hydrogen-bond acceptors (Lipinski definition) is 10. The molecule has 0 aliphatic rings. The van der Waals surface area contributed by atoms with Gasteiger partial charge in [0.05, 0.1) is 34.7 Å². The number of methoxy groups -OCH3 is 2. The second kappa shape index (κ2) is 18.5. The maximum absolute atomic E-state index is 9.93. The van der Waals surface area contributed by atoms with Crippen molar-refractivity contribution in [3.8, 4) is 0 Å². The molecule has 0 aliphatic carbocycles. The Hall–Kier alpha value is -2.74. The fourth-order valence-electron chi connectivity index (χ4n) is 2.59. The molecule has 208 valence electrons. The molecule has 12 heteroatoms. The number of carbonyl (C=O) groups excluding carboxylic acids is 2. The number of hydrogen-bond donors (Lipinski definition) is 2. The van der Waals surface area contributed by atoms with Gasteiger partial charge < -0.3 is 37.4 Å². The van der Waals surface area contributed by atoms with Crippen molar-refractivity contribution in [2.45, 2.75) is 26.1 Å². The van der Waals surface area contributed by atoms with Gasteiger partial charge in [-0.3, -0.25) is 9.59 Å². The van der Waals surface area contributed by atoms with Crippen LogP contribution in [-0.2, 0) is 9.47 Å². The van der Waals surface area contributed by atoms with Crippen LogP contribution in [0.4, 0.5) is 0 Å². The third-order valence-corrected chi connectivity index (χ3v) is 5.28. The van der Waals surface area contributed by atoms with Crippen LogP contribution in [0.15, 0.2) is 75.9 Å². The third-order valence-electron chi connectivity index (χ3n) is 4.44. The molecule has 4 rings (SSSR count). The lowest BCUT2D eigenvalue weighted by Crippen LogP contribution is -2.04. The van der Waals surface area contributed by atoms with Crippen LogP contribution in [-0.4, -0.2) is 50.2 Å². The van der Waals surface area contributed by atoms with Gasteiger partial charge >= 0.3 is 0 Å². The first kappa shape index (κ1) is 33.3. The topological polar surface area (TPSA) is 146 Å². The fraction of sp³-hybridized carbons (Fsp3) is 0.308. The summed E-state index contributed by atoms with van der Waals surface area (Å²) in [6, 6.07) is 6.91. The molecule has 2 unspecified atom stereocenters. The van der Waals surface area contributed by atoms with E-state index in [4.69, 9.17) is 37.4 Å². The van der Waals surface area contributed by atoms with Crippen LogP contribution in [0.3, 0.4) is 0 Å². The summed E-state index contributed by atoms with van der Waals surface area (Å²) in [4.78, 5) is 19.8. The molecule has 0 radical (unpaired) electrons. The average Bonchev–Trinajstić information content (AvgIpc) is 3.72. The predicted molar refractivity (Wildman–Crippen MR) is 144 cm³/mol. The van der Waals surface area contributed by atoms with E-state index in [1.165, 1.54) is 13.4 Å². The quantitative estimate of drug-likeness (QED) is 0.208. The molecule has 0 aromatic carbocycles. The van der Waals surface area contributed by atoms with E-state index >= 15 is 0 Å². The maximum atomic E-state index is 9.93. The van der Waals surface area contributed by atoms with Crippen molar-refractivity contribution < 1.29 is 46.9 Å². The van der Waals surface area contributed by atoms with Gasteiger partial charge in [0.15, 0.2) is 24.1 Å². The van der Waals surface area contributed by atoms with E-state index < -0.39 is 0 Å². The Kier molecular flexibility index (Phi) is 16.2. The Morgan fingerprint density at radius 1 is 0.711 bits per heavy atom. The summed E-state index contributed by atoms with van der Waals surface area (Å²) in [6.07, 6.45) is 6.85. The van der Waals surface area contributed by atoms with Gasteiger partial charge in [-0.2, -0.15) is 0 Å². The van der Waals surface area contributed by atoms with Crippen LogP contribution < -0.4 is 0 Å². The first-order valence-electron chi connectivity index (χ1n) is 11.0. The van der Waals surface area contributed by atoms with Gasteiger partial charge in [-0.25, -0.2) is 0 Å². The van der Waals surface area contributed by atoms with Crippen LogP contribution in [0.25, 0.3) is 0 Å². The highest BCUT2D eigenvalue weighted by atomic mass is 79.9. The van der Waals surface area contributed by atoms with Crippen molar-refractivity contribution in [3.05, 3.63) is 92.4 Å². The van der Waals surface area contributed by atoms with Crippen LogP contribution in [0.2, 0.25) is 0 Å². The molecular weight excluding hydrogens is 632 g/mol. The number of aldehydes is 2. The van der Waals surface area contributed by atoms with Crippen LogP contribution in [0.5, 0.6) is 0 Å². The second-order valence-electron chi connectivity index (χ2n) is 7.44. The zero-order chi connectivity index (χ0) is 28.5. The van der Waals surface area contributed by atoms with E-state index in [0.717, 1.165) is 20.1 Å². The summed E-state index contributed by atoms with van der Waals surface area (Å²) in [5.74, 6) is 2.04. The minimum absolute atomic E-state index is 0.0521. The fourth-order valence-corrected chi connectivity index (χ4v) is 3.22. The summed E-state index contributed by atoms with van der Waals surface area (Å²) in [7, 11) is 3.07. The Bertz CT molecular complexity index is 1090. The van der Waals surface area contributed by atoms with Crippen LogP contribution in [0.1, 0.15) is 56.0 Å². The molecule has 0 amide bonds. The highest BCUT2D eigenvalue weighted by Crippen LogP contribution is 2.22. The molecule has 2 N–H and O–H groups in total. The van der Waals surface area contributed by atoms with Gasteiger partial charge in [0, 0.05) is 20.3 Å². The first-order chi connectivity index (χ1) is 18.2. The van der Waals surface area contributed by atoms with Gasteiger partial charge in [-0.05, 0) is 75.0 Å². The molecule has 0 bridgehead atoms. The molecule has 0 aliphatic heterocycles. The van der Waals surface area contributed by atoms with E-state index in [2.05, 4.69) is 31.9 Å². The van der Waals surface area contributed by atoms with Crippen molar-refractivity contribution in [2.75, 3.05) is 27.4 Å². The number of rotatable bonds is 8. The molecule has 4 aromatic rings. The lowest BCUT2D eigenvalue weighted by atomic mass is 10.2. The molecule has 4 aromatic heterocycles. The summed E-state index contributed by atoms with van der Waals surface area (Å²) in [5.41, 5.74) is 2.02. The summed E-state index contributed by atoms with van der Waals surface area (Å²) in [6.45, 7) is 3.67. The Morgan fingerprint density at radius 3 is 1.42 bits per heavy atom. The third kappa shape index (κ3) is 12.2. The van der Waals surface area contributed by atoms with Crippen LogP contribution in [0, 0.1) is 13.8 Å². The van der Waals surface area contributed by atoms with E-state index in [9.17, 15) is 9.59 Å². The molecule has 0 saturated heterocycles. The smallest absolute Gasteiger partial charge is 0.185 e. The molecule has 10 nitrogen and oxygen atoms in total. The molecule has 4 heterocycles. The van der Waals surface area contributed by atoms with Crippen molar-refractivity contribution in [1.29, 1.82) is 0 Å². The molecule has 0 fully saturated rings. The minimum Gasteiger partial charge on any atom is -0.466 e. The number of ether oxygens (including phenoxy) is 2. The second-order valence-corrected chi connectivity index (χ2v) is 9.27. The number of halogens is 2. The van der Waals surface area contributed by atoms with Gasteiger partial charge in [0.2, 0.25) is 0 Å². The number of aliphatic hydroxyl groups excluding tert-OH is 2. The Balaban J connectivity index is 0.000000256. The number of aryl methyl sites for hydroxylation is 2. The number of carbonyl (C=O) groups is 2. The minimum atomic E-state index is -0.360. The van der Waals surface area contributed by atoms with Gasteiger partial charge in [-0.1, -0.05) is 0 Å². The summed E-state index contributed by atoms with van der Waals surface area (Å²) < 4.78 is 31.2. The highest BCUT2D eigenvalue weighted by molar-refractivity contribution is 9.10. The van der Waals surface area contributed by atoms with E-state index in [0.29, 0.717) is 35.6 Å².